The number of hydrogen-bond acceptors (Lipinski definition) is 3. The third-order valence-corrected chi connectivity index (χ3v) is 5.54. The lowest BCUT2D eigenvalue weighted by atomic mass is 9.91. The molecule has 1 rings (SSSR count). The molecular formula is C27H42O3. The van der Waals surface area contributed by atoms with Gasteiger partial charge in [-0.05, 0) is 110 Å². The number of rotatable bonds is 12. The second-order valence-corrected chi connectivity index (χ2v) is 9.29. The maximum Gasteiger partial charge on any atom is 0.160 e. The average molecular weight is 415 g/mol. The molecular weight excluding hydrogens is 372 g/mol. The average Bonchev–Trinajstić information content (AvgIpc) is 2.63. The van der Waals surface area contributed by atoms with Gasteiger partial charge in [-0.15, -0.1) is 0 Å². The summed E-state index contributed by atoms with van der Waals surface area (Å²) in [5.74, 6) is -0.166. The number of allylic oxidation sites excluding steroid dienone is 6. The van der Waals surface area contributed by atoms with Gasteiger partial charge in [0.15, 0.2) is 11.5 Å². The topological polar surface area (TPSA) is 60.7 Å². The number of aryl methyl sites for hydroxylation is 2. The largest absolute Gasteiger partial charge is 0.504 e. The van der Waals surface area contributed by atoms with Crippen LogP contribution in [0.1, 0.15) is 90.7 Å². The van der Waals surface area contributed by atoms with E-state index in [1.54, 1.807) is 6.07 Å². The third kappa shape index (κ3) is 10.7. The van der Waals surface area contributed by atoms with Crippen molar-refractivity contribution in [2.75, 3.05) is 0 Å². The van der Waals surface area contributed by atoms with Crippen molar-refractivity contribution in [3.05, 3.63) is 58.2 Å². The van der Waals surface area contributed by atoms with Crippen LogP contribution in [0.15, 0.2) is 47.1 Å². The van der Waals surface area contributed by atoms with E-state index in [-0.39, 0.29) is 11.5 Å². The number of aromatic hydroxyl groups is 2. The Morgan fingerprint density at radius 3 is 2.03 bits per heavy atom. The fraction of sp³-hybridized carbons (Fsp3) is 0.556. The molecule has 0 saturated carbocycles. The molecule has 168 valence electrons. The predicted octanol–water partition coefficient (Wildman–Crippen LogP) is 7.29. The summed E-state index contributed by atoms with van der Waals surface area (Å²) in [6.45, 7) is 12.4. The third-order valence-electron chi connectivity index (χ3n) is 5.54. The molecule has 0 aliphatic heterocycles. The van der Waals surface area contributed by atoms with Crippen molar-refractivity contribution in [1.82, 2.24) is 0 Å². The molecule has 30 heavy (non-hydrogen) atoms. The van der Waals surface area contributed by atoms with Crippen molar-refractivity contribution in [2.45, 2.75) is 98.5 Å². The van der Waals surface area contributed by atoms with Crippen molar-refractivity contribution in [2.24, 2.45) is 0 Å². The van der Waals surface area contributed by atoms with Gasteiger partial charge in [-0.3, -0.25) is 0 Å². The first-order valence-corrected chi connectivity index (χ1v) is 11.2. The fourth-order valence-electron chi connectivity index (χ4n) is 3.52. The molecule has 1 unspecified atom stereocenters. The molecule has 3 N–H and O–H groups in total. The molecule has 0 aromatic heterocycles. The summed E-state index contributed by atoms with van der Waals surface area (Å²) in [5, 5.41) is 30.5. The van der Waals surface area contributed by atoms with E-state index in [0.717, 1.165) is 37.7 Å². The van der Waals surface area contributed by atoms with Crippen molar-refractivity contribution < 1.29 is 15.3 Å². The van der Waals surface area contributed by atoms with Gasteiger partial charge in [0.05, 0.1) is 5.60 Å². The molecule has 0 spiro atoms. The van der Waals surface area contributed by atoms with Crippen LogP contribution in [-0.2, 0) is 6.42 Å². The van der Waals surface area contributed by atoms with Crippen LogP contribution < -0.4 is 0 Å². The number of benzene rings is 1. The molecule has 3 nitrogen and oxygen atoms in total. The Morgan fingerprint density at radius 2 is 1.43 bits per heavy atom. The first-order valence-electron chi connectivity index (χ1n) is 11.2. The summed E-state index contributed by atoms with van der Waals surface area (Å²) in [6.07, 6.45) is 13.8. The zero-order chi connectivity index (χ0) is 22.7. The van der Waals surface area contributed by atoms with Crippen LogP contribution >= 0.6 is 0 Å². The van der Waals surface area contributed by atoms with Gasteiger partial charge in [0.25, 0.3) is 0 Å². The Hall–Kier alpha value is -2.00. The van der Waals surface area contributed by atoms with Crippen LogP contribution in [0.2, 0.25) is 0 Å². The maximum atomic E-state index is 10.7. The SMILES string of the molecule is CC(C)=CCCC(C)=CCCC(C)=CCCC(C)(O)CCc1cc(C)cc(O)c1O. The highest BCUT2D eigenvalue weighted by molar-refractivity contribution is 5.47. The summed E-state index contributed by atoms with van der Waals surface area (Å²) >= 11 is 0. The van der Waals surface area contributed by atoms with E-state index in [9.17, 15) is 15.3 Å². The molecule has 0 bridgehead atoms. The Balaban J connectivity index is 2.41. The Bertz CT molecular complexity index is 763. The highest BCUT2D eigenvalue weighted by atomic mass is 16.3. The van der Waals surface area contributed by atoms with E-state index in [1.807, 2.05) is 19.9 Å². The van der Waals surface area contributed by atoms with Gasteiger partial charge in [0.1, 0.15) is 0 Å². The highest BCUT2D eigenvalue weighted by Gasteiger charge is 2.20. The lowest BCUT2D eigenvalue weighted by molar-refractivity contribution is 0.0431. The van der Waals surface area contributed by atoms with Gasteiger partial charge in [0, 0.05) is 0 Å². The van der Waals surface area contributed by atoms with Gasteiger partial charge in [0.2, 0.25) is 0 Å². The number of phenols is 2. The fourth-order valence-corrected chi connectivity index (χ4v) is 3.52. The van der Waals surface area contributed by atoms with Crippen LogP contribution in [0.4, 0.5) is 0 Å². The molecule has 0 heterocycles. The molecule has 1 aromatic carbocycles. The first kappa shape index (κ1) is 26.0. The number of aliphatic hydroxyl groups is 1. The van der Waals surface area contributed by atoms with Crippen LogP contribution in [0.3, 0.4) is 0 Å². The van der Waals surface area contributed by atoms with Gasteiger partial charge in [-0.25, -0.2) is 0 Å². The van der Waals surface area contributed by atoms with Gasteiger partial charge >= 0.3 is 0 Å². The predicted molar refractivity (Wildman–Crippen MR) is 128 cm³/mol. The zero-order valence-corrected chi connectivity index (χ0v) is 19.9. The van der Waals surface area contributed by atoms with Crippen LogP contribution in [0.25, 0.3) is 0 Å². The molecule has 1 aromatic rings. The molecule has 0 aliphatic carbocycles. The van der Waals surface area contributed by atoms with E-state index in [2.05, 4.69) is 45.9 Å². The molecule has 0 fully saturated rings. The van der Waals surface area contributed by atoms with Crippen LogP contribution in [0.5, 0.6) is 11.5 Å². The Kier molecular flexibility index (Phi) is 11.0. The highest BCUT2D eigenvalue weighted by Crippen LogP contribution is 2.32. The summed E-state index contributed by atoms with van der Waals surface area (Å²) in [6, 6.07) is 3.41. The van der Waals surface area contributed by atoms with Gasteiger partial charge in [-0.1, -0.05) is 41.0 Å². The lowest BCUT2D eigenvalue weighted by Crippen LogP contribution is -2.24. The lowest BCUT2D eigenvalue weighted by Gasteiger charge is -2.23. The molecule has 1 atom stereocenters. The summed E-state index contributed by atoms with van der Waals surface area (Å²) < 4.78 is 0. The van der Waals surface area contributed by atoms with Gasteiger partial charge < -0.3 is 15.3 Å². The van der Waals surface area contributed by atoms with E-state index in [0.29, 0.717) is 24.8 Å². The molecule has 0 radical (unpaired) electrons. The second-order valence-electron chi connectivity index (χ2n) is 9.29. The number of hydrogen-bond donors (Lipinski definition) is 3. The summed E-state index contributed by atoms with van der Waals surface area (Å²) in [7, 11) is 0. The monoisotopic (exact) mass is 414 g/mol. The number of phenolic OH excluding ortho intramolecular Hbond substituents is 2. The molecule has 0 aliphatic rings. The first-order chi connectivity index (χ1) is 14.0. The van der Waals surface area contributed by atoms with E-state index >= 15 is 0 Å². The van der Waals surface area contributed by atoms with Crippen LogP contribution in [-0.4, -0.2) is 20.9 Å². The van der Waals surface area contributed by atoms with Crippen LogP contribution in [0, 0.1) is 6.92 Å². The minimum Gasteiger partial charge on any atom is -0.504 e. The van der Waals surface area contributed by atoms with E-state index < -0.39 is 5.60 Å². The quantitative estimate of drug-likeness (QED) is 0.248. The Morgan fingerprint density at radius 1 is 0.867 bits per heavy atom. The maximum absolute atomic E-state index is 10.7. The minimum absolute atomic E-state index is 0.0728. The normalized spacial score (nSPS) is 14.5. The summed E-state index contributed by atoms with van der Waals surface area (Å²) in [5.41, 5.74) is 4.98. The minimum atomic E-state index is -0.802. The molecule has 0 amide bonds. The Labute approximate surface area is 183 Å². The van der Waals surface area contributed by atoms with E-state index in [4.69, 9.17) is 0 Å². The summed E-state index contributed by atoms with van der Waals surface area (Å²) in [4.78, 5) is 0. The van der Waals surface area contributed by atoms with Crippen molar-refractivity contribution in [1.29, 1.82) is 0 Å². The van der Waals surface area contributed by atoms with Gasteiger partial charge in [-0.2, -0.15) is 0 Å². The zero-order valence-electron chi connectivity index (χ0n) is 19.9. The second kappa shape index (κ2) is 12.6. The molecule has 0 saturated heterocycles. The molecule has 3 heteroatoms. The smallest absolute Gasteiger partial charge is 0.160 e. The van der Waals surface area contributed by atoms with Crippen molar-refractivity contribution in [3.63, 3.8) is 0 Å². The van der Waals surface area contributed by atoms with Crippen molar-refractivity contribution in [3.8, 4) is 11.5 Å². The van der Waals surface area contributed by atoms with E-state index in [1.165, 1.54) is 16.7 Å². The standard InChI is InChI=1S/C27H42O3/c1-20(2)10-7-11-21(3)12-8-13-22(4)14-9-16-27(6,30)17-15-24-18-23(5)19-25(28)26(24)29/h10,12,14,18-19,28-30H,7-9,11,13,15-17H2,1-6H3. The van der Waals surface area contributed by atoms with Crippen molar-refractivity contribution >= 4 is 0 Å².